The van der Waals surface area contributed by atoms with Crippen LogP contribution in [0.25, 0.3) is 0 Å². The van der Waals surface area contributed by atoms with Gasteiger partial charge in [-0.05, 0) is 48.9 Å². The lowest BCUT2D eigenvalue weighted by molar-refractivity contribution is -0.147. The summed E-state index contributed by atoms with van der Waals surface area (Å²) in [5, 5.41) is 8.84. The molecule has 0 amide bonds. The maximum Gasteiger partial charge on any atom is 0.306 e. The molecule has 1 aliphatic carbocycles. The lowest BCUT2D eigenvalue weighted by Crippen LogP contribution is -2.34. The highest BCUT2D eigenvalue weighted by atomic mass is 19.1. The van der Waals surface area contributed by atoms with Crippen molar-refractivity contribution in [1.82, 2.24) is 0 Å². The van der Waals surface area contributed by atoms with Gasteiger partial charge in [0.2, 0.25) is 0 Å². The van der Waals surface area contributed by atoms with E-state index in [1.807, 2.05) is 0 Å². The molecule has 1 fully saturated rings. The van der Waals surface area contributed by atoms with E-state index in [2.05, 4.69) is 0 Å². The van der Waals surface area contributed by atoms with Crippen LogP contribution in [0.5, 0.6) is 0 Å². The smallest absolute Gasteiger partial charge is 0.306 e. The van der Waals surface area contributed by atoms with Crippen molar-refractivity contribution in [3.8, 4) is 0 Å². The van der Waals surface area contributed by atoms with Gasteiger partial charge >= 0.3 is 5.97 Å². The Morgan fingerprint density at radius 3 is 2.69 bits per heavy atom. The molecule has 0 aliphatic heterocycles. The second-order valence-corrected chi connectivity index (χ2v) is 4.22. The fraction of sp³-hybridized carbons (Fsp3) is 0.417. The molecule has 0 radical (unpaired) electrons. The third kappa shape index (κ3) is 2.05. The average Bonchev–Trinajstić information content (AvgIpc) is 2.16. The number of carbonyl (C=O) groups is 1. The van der Waals surface area contributed by atoms with Gasteiger partial charge in [0, 0.05) is 0 Å². The minimum absolute atomic E-state index is 0.0613. The predicted octanol–water partition coefficient (Wildman–Crippen LogP) is 2.62. The summed E-state index contributed by atoms with van der Waals surface area (Å²) >= 11 is 0. The number of hydrogen-bond donors (Lipinski definition) is 1. The van der Waals surface area contributed by atoms with Crippen molar-refractivity contribution >= 4 is 5.97 Å². The van der Waals surface area contributed by atoms with Gasteiger partial charge in [-0.15, -0.1) is 0 Å². The van der Waals surface area contributed by atoms with Gasteiger partial charge < -0.3 is 5.11 Å². The van der Waals surface area contributed by atoms with Gasteiger partial charge in [0.25, 0.3) is 0 Å². The Morgan fingerprint density at radius 1 is 1.38 bits per heavy atom. The van der Waals surface area contributed by atoms with Crippen molar-refractivity contribution in [3.05, 3.63) is 35.4 Å². The first-order valence-corrected chi connectivity index (χ1v) is 5.24. The molecule has 1 aliphatic rings. The lowest BCUT2D eigenvalue weighted by atomic mass is 9.71. The van der Waals surface area contributed by atoms with Crippen LogP contribution in [0.15, 0.2) is 18.2 Å². The summed E-state index contributed by atoms with van der Waals surface area (Å²) in [6.45, 7) is 0. The summed E-state index contributed by atoms with van der Waals surface area (Å²) in [5.41, 5.74) is 0.274. The van der Waals surface area contributed by atoms with E-state index in [1.54, 1.807) is 0 Å². The highest BCUT2D eigenvalue weighted by Crippen LogP contribution is 2.37. The van der Waals surface area contributed by atoms with E-state index in [1.165, 1.54) is 0 Å². The normalized spacial score (nSPS) is 23.9. The second kappa shape index (κ2) is 4.20. The molecule has 0 bridgehead atoms. The molecule has 1 saturated carbocycles. The monoisotopic (exact) mass is 226 g/mol. The van der Waals surface area contributed by atoms with Crippen molar-refractivity contribution < 1.29 is 18.7 Å². The number of benzene rings is 1. The third-order valence-electron chi connectivity index (χ3n) is 3.22. The van der Waals surface area contributed by atoms with Crippen molar-refractivity contribution in [2.45, 2.75) is 19.3 Å². The van der Waals surface area contributed by atoms with Crippen LogP contribution < -0.4 is 0 Å². The maximum atomic E-state index is 13.3. The quantitative estimate of drug-likeness (QED) is 0.860. The number of carboxylic acid groups (broad SMARTS) is 1. The maximum absolute atomic E-state index is 13.3. The first-order chi connectivity index (χ1) is 7.58. The van der Waals surface area contributed by atoms with Gasteiger partial charge in [-0.25, -0.2) is 8.78 Å². The van der Waals surface area contributed by atoms with E-state index in [9.17, 15) is 13.6 Å². The van der Waals surface area contributed by atoms with Gasteiger partial charge in [-0.3, -0.25) is 4.79 Å². The highest BCUT2D eigenvalue weighted by Gasteiger charge is 2.36. The molecule has 2 rings (SSSR count). The van der Waals surface area contributed by atoms with Gasteiger partial charge in [0.15, 0.2) is 0 Å². The number of rotatable bonds is 3. The van der Waals surface area contributed by atoms with Gasteiger partial charge in [-0.2, -0.15) is 0 Å². The molecule has 1 N–H and O–H groups in total. The number of halogens is 2. The van der Waals surface area contributed by atoms with E-state index in [-0.39, 0.29) is 11.5 Å². The molecule has 4 heteroatoms. The highest BCUT2D eigenvalue weighted by molar-refractivity contribution is 5.71. The summed E-state index contributed by atoms with van der Waals surface area (Å²) in [7, 11) is 0. The average molecular weight is 226 g/mol. The number of aliphatic carboxylic acids is 1. The summed E-state index contributed by atoms with van der Waals surface area (Å²) < 4.78 is 26.2. The fourth-order valence-electron chi connectivity index (χ4n) is 2.12. The Kier molecular flexibility index (Phi) is 2.90. The van der Waals surface area contributed by atoms with E-state index in [0.29, 0.717) is 12.8 Å². The minimum Gasteiger partial charge on any atom is -0.481 e. The van der Waals surface area contributed by atoms with Crippen LogP contribution in [0, 0.1) is 23.5 Å². The zero-order valence-electron chi connectivity index (χ0n) is 8.62. The Balaban J connectivity index is 2.09. The Labute approximate surface area is 91.9 Å². The van der Waals surface area contributed by atoms with Crippen molar-refractivity contribution in [2.75, 3.05) is 0 Å². The molecule has 86 valence electrons. The first-order valence-electron chi connectivity index (χ1n) is 5.24. The predicted molar refractivity (Wildman–Crippen MR) is 53.9 cm³/mol. The molecule has 0 heterocycles. The van der Waals surface area contributed by atoms with Gasteiger partial charge in [0.05, 0.1) is 5.92 Å². The molecule has 0 spiro atoms. The van der Waals surface area contributed by atoms with Crippen LogP contribution in [-0.4, -0.2) is 11.1 Å². The Morgan fingerprint density at radius 2 is 2.12 bits per heavy atom. The van der Waals surface area contributed by atoms with Crippen LogP contribution in [0.1, 0.15) is 18.4 Å². The molecule has 16 heavy (non-hydrogen) atoms. The van der Waals surface area contributed by atoms with Gasteiger partial charge in [-0.1, -0.05) is 0 Å². The topological polar surface area (TPSA) is 37.3 Å². The molecular formula is C12H12F2O2. The standard InChI is InChI=1S/C12H12F2O2/c13-9-2-4-11(14)8(6-9)5-7-1-3-10(7)12(15)16/h2,4,6-7,10H,1,3,5H2,(H,15,16). The summed E-state index contributed by atoms with van der Waals surface area (Å²) in [6.07, 6.45) is 1.71. The number of hydrogen-bond acceptors (Lipinski definition) is 1. The van der Waals surface area contributed by atoms with E-state index < -0.39 is 23.5 Å². The van der Waals surface area contributed by atoms with Crippen LogP contribution >= 0.6 is 0 Å². The summed E-state index contributed by atoms with van der Waals surface area (Å²) in [5.74, 6) is -2.25. The zero-order valence-corrected chi connectivity index (χ0v) is 8.62. The fourth-order valence-corrected chi connectivity index (χ4v) is 2.12. The largest absolute Gasteiger partial charge is 0.481 e. The molecule has 2 unspecified atom stereocenters. The van der Waals surface area contributed by atoms with Crippen LogP contribution in [-0.2, 0) is 11.2 Å². The van der Waals surface area contributed by atoms with Crippen LogP contribution in [0.3, 0.4) is 0 Å². The summed E-state index contributed by atoms with van der Waals surface area (Å²) in [6, 6.07) is 3.29. The van der Waals surface area contributed by atoms with E-state index in [0.717, 1.165) is 24.6 Å². The lowest BCUT2D eigenvalue weighted by Gasteiger charge is -2.33. The molecule has 2 atom stereocenters. The second-order valence-electron chi connectivity index (χ2n) is 4.22. The van der Waals surface area contributed by atoms with Crippen LogP contribution in [0.2, 0.25) is 0 Å². The number of carboxylic acids is 1. The first kappa shape index (κ1) is 11.0. The molecule has 0 aromatic heterocycles. The Bertz CT molecular complexity index is 417. The van der Waals surface area contributed by atoms with Crippen molar-refractivity contribution in [1.29, 1.82) is 0 Å². The Hall–Kier alpha value is -1.45. The van der Waals surface area contributed by atoms with E-state index >= 15 is 0 Å². The third-order valence-corrected chi connectivity index (χ3v) is 3.22. The summed E-state index contributed by atoms with van der Waals surface area (Å²) in [4.78, 5) is 10.8. The van der Waals surface area contributed by atoms with Crippen molar-refractivity contribution in [2.24, 2.45) is 11.8 Å². The molecule has 2 nitrogen and oxygen atoms in total. The molecule has 1 aromatic rings. The molecule has 1 aromatic carbocycles. The molecular weight excluding hydrogens is 214 g/mol. The molecule has 0 saturated heterocycles. The minimum atomic E-state index is -0.840. The van der Waals surface area contributed by atoms with Crippen LogP contribution in [0.4, 0.5) is 8.78 Å². The van der Waals surface area contributed by atoms with E-state index in [4.69, 9.17) is 5.11 Å². The van der Waals surface area contributed by atoms with Gasteiger partial charge in [0.1, 0.15) is 11.6 Å². The van der Waals surface area contributed by atoms with Crippen molar-refractivity contribution in [3.63, 3.8) is 0 Å². The zero-order chi connectivity index (χ0) is 11.7. The SMILES string of the molecule is O=C(O)C1CCC1Cc1cc(F)ccc1F.